The van der Waals surface area contributed by atoms with Gasteiger partial charge in [-0.05, 0) is 91.9 Å². The third-order valence-electron chi connectivity index (χ3n) is 6.48. The van der Waals surface area contributed by atoms with Gasteiger partial charge in [-0.15, -0.1) is 6.42 Å². The summed E-state index contributed by atoms with van der Waals surface area (Å²) in [5.41, 5.74) is 6.52. The van der Waals surface area contributed by atoms with Crippen molar-refractivity contribution in [3.05, 3.63) is 110 Å². The Morgan fingerprint density at radius 2 is 1.77 bits per heavy atom. The summed E-state index contributed by atoms with van der Waals surface area (Å²) in [5, 5.41) is 11.2. The summed E-state index contributed by atoms with van der Waals surface area (Å²) in [7, 11) is 0. The lowest BCUT2D eigenvalue weighted by atomic mass is 10.1. The number of hydrogen-bond donors (Lipinski definition) is 1. The van der Waals surface area contributed by atoms with Crippen LogP contribution in [0.15, 0.2) is 66.9 Å². The number of benzene rings is 3. The minimum absolute atomic E-state index is 0.210. The van der Waals surface area contributed by atoms with Crippen LogP contribution in [0.4, 0.5) is 11.4 Å². The normalized spacial score (nSPS) is 10.8. The summed E-state index contributed by atoms with van der Waals surface area (Å²) < 4.78 is 7.69. The van der Waals surface area contributed by atoms with E-state index in [0.29, 0.717) is 36.7 Å². The van der Waals surface area contributed by atoms with E-state index in [9.17, 15) is 9.90 Å². The Morgan fingerprint density at radius 3 is 2.41 bits per heavy atom. The van der Waals surface area contributed by atoms with Crippen molar-refractivity contribution >= 4 is 40.5 Å². The Kier molecular flexibility index (Phi) is 8.91. The fraction of sp³-hybridized carbons (Fsp3) is 0.219. The van der Waals surface area contributed by atoms with Crippen LogP contribution >= 0.6 is 23.2 Å². The van der Waals surface area contributed by atoms with Gasteiger partial charge in [0.15, 0.2) is 0 Å². The Morgan fingerprint density at radius 1 is 1.03 bits per heavy atom. The molecule has 1 heterocycles. The molecule has 0 fully saturated rings. The number of carboxylic acids is 1. The number of carboxylic acid groups (broad SMARTS) is 1. The maximum absolute atomic E-state index is 12.2. The van der Waals surface area contributed by atoms with E-state index >= 15 is 0 Å². The van der Waals surface area contributed by atoms with Crippen molar-refractivity contribution in [3.63, 3.8) is 0 Å². The average Bonchev–Trinajstić information content (AvgIpc) is 3.32. The van der Waals surface area contributed by atoms with Crippen LogP contribution in [-0.2, 0) is 13.1 Å². The molecule has 0 unspecified atom stereocenters. The van der Waals surface area contributed by atoms with Crippen molar-refractivity contribution in [1.82, 2.24) is 4.57 Å². The average molecular weight is 562 g/mol. The van der Waals surface area contributed by atoms with E-state index < -0.39 is 5.97 Å². The summed E-state index contributed by atoms with van der Waals surface area (Å²) in [4.78, 5) is 14.2. The van der Waals surface area contributed by atoms with Crippen molar-refractivity contribution in [2.45, 2.75) is 40.3 Å². The monoisotopic (exact) mass is 560 g/mol. The third kappa shape index (κ3) is 6.78. The molecule has 0 aliphatic heterocycles. The highest BCUT2D eigenvalue weighted by Crippen LogP contribution is 2.31. The fourth-order valence-corrected chi connectivity index (χ4v) is 4.87. The number of rotatable bonds is 10. The van der Waals surface area contributed by atoms with Crippen LogP contribution in [-0.4, -0.2) is 22.2 Å². The van der Waals surface area contributed by atoms with Crippen molar-refractivity contribution in [2.75, 3.05) is 11.5 Å². The zero-order valence-corrected chi connectivity index (χ0v) is 23.7. The maximum atomic E-state index is 12.2. The highest BCUT2D eigenvalue weighted by atomic mass is 35.5. The number of ether oxygens (including phenoxy) is 1. The molecule has 1 aromatic heterocycles. The van der Waals surface area contributed by atoms with Crippen LogP contribution in [0.2, 0.25) is 10.0 Å². The van der Waals surface area contributed by atoms with Crippen LogP contribution in [0.5, 0.6) is 5.75 Å². The molecule has 4 rings (SSSR count). The van der Waals surface area contributed by atoms with Crippen molar-refractivity contribution in [2.24, 2.45) is 0 Å². The molecule has 1 N–H and O–H groups in total. The molecule has 39 heavy (non-hydrogen) atoms. The van der Waals surface area contributed by atoms with Gasteiger partial charge in [-0.2, -0.15) is 0 Å². The molecule has 0 radical (unpaired) electrons. The van der Waals surface area contributed by atoms with E-state index in [-0.39, 0.29) is 5.69 Å². The molecular weight excluding hydrogens is 531 g/mol. The van der Waals surface area contributed by atoms with E-state index in [1.165, 1.54) is 0 Å². The molecule has 0 aliphatic rings. The van der Waals surface area contributed by atoms with E-state index in [1.807, 2.05) is 75.5 Å². The van der Waals surface area contributed by atoms with Gasteiger partial charge < -0.3 is 19.3 Å². The van der Waals surface area contributed by atoms with Crippen molar-refractivity contribution in [1.29, 1.82) is 0 Å². The molecule has 0 saturated heterocycles. The predicted molar refractivity (Wildman–Crippen MR) is 159 cm³/mol. The van der Waals surface area contributed by atoms with E-state index in [4.69, 9.17) is 34.4 Å². The molecule has 0 bridgehead atoms. The number of aromatic carboxylic acids is 1. The van der Waals surface area contributed by atoms with Gasteiger partial charge in [-0.25, -0.2) is 4.79 Å². The summed E-state index contributed by atoms with van der Waals surface area (Å²) in [6.07, 6.45) is 8.04. The standard InChI is InChI=1S/C32H30Cl2N2O3/c1-5-25-11-10-24(17-29(25)33)19-36(26-9-6-8-21(2)14-26)27-18-30(32(37)38)35(20-27)12-7-13-39-28-15-22(3)31(34)23(4)16-28/h1,6,8-11,14-18,20H,7,12-13,19H2,2-4H3,(H,37,38). The second-order valence-electron chi connectivity index (χ2n) is 9.54. The highest BCUT2D eigenvalue weighted by Gasteiger charge is 2.19. The van der Waals surface area contributed by atoms with Crippen LogP contribution in [0.3, 0.4) is 0 Å². The molecule has 200 valence electrons. The number of nitrogens with zero attached hydrogens (tertiary/aromatic N) is 2. The third-order valence-corrected chi connectivity index (χ3v) is 7.39. The van der Waals surface area contributed by atoms with Gasteiger partial charge in [0.05, 0.1) is 17.3 Å². The SMILES string of the molecule is C#Cc1ccc(CN(c2cccc(C)c2)c2cc(C(=O)O)n(CCCOc3cc(C)c(Cl)c(C)c3)c2)cc1Cl. The van der Waals surface area contributed by atoms with Crippen LogP contribution in [0, 0.1) is 33.1 Å². The first kappa shape index (κ1) is 28.2. The van der Waals surface area contributed by atoms with Gasteiger partial charge in [0.1, 0.15) is 11.4 Å². The van der Waals surface area contributed by atoms with Crippen LogP contribution in [0.25, 0.3) is 0 Å². The first-order valence-electron chi connectivity index (χ1n) is 12.6. The lowest BCUT2D eigenvalue weighted by Gasteiger charge is -2.24. The van der Waals surface area contributed by atoms with Gasteiger partial charge >= 0.3 is 5.97 Å². The predicted octanol–water partition coefficient (Wildman–Crippen LogP) is 8.21. The second kappa shape index (κ2) is 12.3. The fourth-order valence-electron chi connectivity index (χ4n) is 4.51. The summed E-state index contributed by atoms with van der Waals surface area (Å²) in [5.74, 6) is 2.34. The van der Waals surface area contributed by atoms with Gasteiger partial charge in [0, 0.05) is 35.6 Å². The van der Waals surface area contributed by atoms with Gasteiger partial charge in [-0.3, -0.25) is 0 Å². The molecular formula is C32H30Cl2N2O3. The van der Waals surface area contributed by atoms with E-state index in [1.54, 1.807) is 10.6 Å². The number of halogens is 2. The molecule has 0 spiro atoms. The largest absolute Gasteiger partial charge is 0.494 e. The Labute approximate surface area is 239 Å². The first-order valence-corrected chi connectivity index (χ1v) is 13.3. The molecule has 0 atom stereocenters. The molecule has 0 aliphatic carbocycles. The lowest BCUT2D eigenvalue weighted by Crippen LogP contribution is -2.16. The highest BCUT2D eigenvalue weighted by molar-refractivity contribution is 6.32. The summed E-state index contributed by atoms with van der Waals surface area (Å²) >= 11 is 12.6. The van der Waals surface area contributed by atoms with Gasteiger partial charge in [0.25, 0.3) is 0 Å². The Balaban J connectivity index is 1.58. The molecule has 4 aromatic rings. The second-order valence-corrected chi connectivity index (χ2v) is 10.3. The van der Waals surface area contributed by atoms with Crippen LogP contribution in [0.1, 0.15) is 44.7 Å². The quantitative estimate of drug-likeness (QED) is 0.157. The summed E-state index contributed by atoms with van der Waals surface area (Å²) in [6.45, 7) is 7.32. The van der Waals surface area contributed by atoms with Crippen LogP contribution < -0.4 is 9.64 Å². The molecule has 0 amide bonds. The number of aromatic nitrogens is 1. The first-order chi connectivity index (χ1) is 18.7. The zero-order valence-electron chi connectivity index (χ0n) is 22.2. The lowest BCUT2D eigenvalue weighted by molar-refractivity contribution is 0.0684. The molecule has 0 saturated carbocycles. The molecule has 7 heteroatoms. The van der Waals surface area contributed by atoms with Gasteiger partial charge in [-0.1, -0.05) is 47.3 Å². The number of carbonyl (C=O) groups is 1. The Bertz CT molecular complexity index is 1530. The smallest absolute Gasteiger partial charge is 0.352 e. The molecule has 3 aromatic carbocycles. The minimum Gasteiger partial charge on any atom is -0.494 e. The molecule has 5 nitrogen and oxygen atoms in total. The van der Waals surface area contributed by atoms with E-state index in [2.05, 4.69) is 16.9 Å². The van der Waals surface area contributed by atoms with Gasteiger partial charge in [0.2, 0.25) is 0 Å². The Hall–Kier alpha value is -3.85. The summed E-state index contributed by atoms with van der Waals surface area (Å²) in [6, 6.07) is 19.2. The topological polar surface area (TPSA) is 54.7 Å². The van der Waals surface area contributed by atoms with E-state index in [0.717, 1.165) is 44.4 Å². The van der Waals surface area contributed by atoms with Crippen molar-refractivity contribution < 1.29 is 14.6 Å². The zero-order chi connectivity index (χ0) is 28.1. The number of terminal acetylenes is 1. The number of anilines is 2. The maximum Gasteiger partial charge on any atom is 0.352 e. The van der Waals surface area contributed by atoms with Crippen molar-refractivity contribution in [3.8, 4) is 18.1 Å². The number of hydrogen-bond acceptors (Lipinski definition) is 3. The minimum atomic E-state index is -0.989. The number of aryl methyl sites for hydroxylation is 4.